The Morgan fingerprint density at radius 3 is 2.83 bits per heavy atom. The summed E-state index contributed by atoms with van der Waals surface area (Å²) in [7, 11) is 0. The Bertz CT molecular complexity index is 748. The van der Waals surface area contributed by atoms with Crippen LogP contribution in [-0.2, 0) is 17.9 Å². The van der Waals surface area contributed by atoms with Gasteiger partial charge in [0.25, 0.3) is 0 Å². The van der Waals surface area contributed by atoms with Crippen molar-refractivity contribution in [2.45, 2.75) is 58.3 Å². The third-order valence-electron chi connectivity index (χ3n) is 5.53. The maximum Gasteiger partial charge on any atom is 0.240 e. The highest BCUT2D eigenvalue weighted by Crippen LogP contribution is 2.38. The van der Waals surface area contributed by atoms with E-state index in [-0.39, 0.29) is 11.9 Å². The van der Waals surface area contributed by atoms with E-state index in [0.29, 0.717) is 6.54 Å². The van der Waals surface area contributed by atoms with E-state index in [4.69, 9.17) is 0 Å². The number of amides is 1. The molecule has 1 saturated heterocycles. The molecule has 1 amide bonds. The van der Waals surface area contributed by atoms with Gasteiger partial charge in [-0.2, -0.15) is 0 Å². The van der Waals surface area contributed by atoms with Crippen LogP contribution >= 0.6 is 0 Å². The summed E-state index contributed by atoms with van der Waals surface area (Å²) >= 11 is 0. The monoisotopic (exact) mass is 325 g/mol. The van der Waals surface area contributed by atoms with Crippen LogP contribution in [0.15, 0.2) is 30.5 Å². The number of nitrogens with zero attached hydrogens (tertiary/aromatic N) is 2. The van der Waals surface area contributed by atoms with E-state index in [0.717, 1.165) is 24.0 Å². The maximum atomic E-state index is 12.2. The lowest BCUT2D eigenvalue weighted by Crippen LogP contribution is -2.33. The number of rotatable bonds is 5. The number of carbonyl (C=O) groups excluding carboxylic acids is 1. The molecule has 128 valence electrons. The summed E-state index contributed by atoms with van der Waals surface area (Å²) in [6, 6.07) is 9.43. The molecule has 4 heteroatoms. The fraction of sp³-hybridized carbons (Fsp3) is 0.550. The van der Waals surface area contributed by atoms with Gasteiger partial charge in [-0.15, -0.1) is 0 Å². The average Bonchev–Trinajstić information content (AvgIpc) is 3.23. The summed E-state index contributed by atoms with van der Waals surface area (Å²) in [6.45, 7) is 6.66. The molecule has 1 aromatic carbocycles. The number of fused-ring (bicyclic) bond motifs is 3. The molecule has 1 aliphatic carbocycles. The molecule has 0 unspecified atom stereocenters. The number of para-hydroxylation sites is 1. The molecule has 2 bridgehead atoms. The average molecular weight is 325 g/mol. The molecule has 1 aromatic heterocycles. The van der Waals surface area contributed by atoms with Crippen LogP contribution in [0.1, 0.15) is 38.7 Å². The Hall–Kier alpha value is -1.81. The lowest BCUT2D eigenvalue weighted by molar-refractivity contribution is -0.122. The topological polar surface area (TPSA) is 37.3 Å². The van der Waals surface area contributed by atoms with Gasteiger partial charge in [0.05, 0.1) is 0 Å². The minimum absolute atomic E-state index is 0.0810. The van der Waals surface area contributed by atoms with Gasteiger partial charge >= 0.3 is 0 Å². The van der Waals surface area contributed by atoms with Crippen molar-refractivity contribution in [1.82, 2.24) is 14.8 Å². The smallest absolute Gasteiger partial charge is 0.240 e. The lowest BCUT2D eigenvalue weighted by atomic mass is 10.1. The van der Waals surface area contributed by atoms with Gasteiger partial charge in [0.1, 0.15) is 6.54 Å². The summed E-state index contributed by atoms with van der Waals surface area (Å²) in [5.74, 6) is 0.998. The molecule has 2 aromatic rings. The van der Waals surface area contributed by atoms with Crippen LogP contribution in [0.2, 0.25) is 0 Å². The molecule has 0 radical (unpaired) electrons. The van der Waals surface area contributed by atoms with Crippen LogP contribution in [0.4, 0.5) is 0 Å². The standard InChI is InChI=1S/C20H27N3O/c1-14(2)21-20(24)13-23-12-16(18-5-3-4-6-19(18)23)11-22-10-15-7-8-17(22)9-15/h3-6,12,14-15,17H,7-11,13H2,1-2H3,(H,21,24)/t15-,17-/m0/s1. The molecule has 1 saturated carbocycles. The quantitative estimate of drug-likeness (QED) is 0.917. The van der Waals surface area contributed by atoms with Gasteiger partial charge in [-0.25, -0.2) is 0 Å². The first-order chi connectivity index (χ1) is 11.6. The fourth-order valence-corrected chi connectivity index (χ4v) is 4.54. The number of likely N-dealkylation sites (tertiary alicyclic amines) is 1. The summed E-state index contributed by atoms with van der Waals surface area (Å²) in [5, 5.41) is 4.28. The lowest BCUT2D eigenvalue weighted by Gasteiger charge is -2.26. The molecule has 1 aliphatic heterocycles. The van der Waals surface area contributed by atoms with E-state index in [2.05, 4.69) is 45.2 Å². The Balaban J connectivity index is 1.58. The predicted molar refractivity (Wildman–Crippen MR) is 96.8 cm³/mol. The van der Waals surface area contributed by atoms with Crippen molar-refractivity contribution >= 4 is 16.8 Å². The van der Waals surface area contributed by atoms with Crippen molar-refractivity contribution in [3.63, 3.8) is 0 Å². The second-order valence-corrected chi connectivity index (χ2v) is 7.78. The zero-order valence-corrected chi connectivity index (χ0v) is 14.7. The Labute approximate surface area is 143 Å². The number of hydrogen-bond donors (Lipinski definition) is 1. The van der Waals surface area contributed by atoms with E-state index in [1.54, 1.807) is 0 Å². The third kappa shape index (κ3) is 2.95. The first-order valence-corrected chi connectivity index (χ1v) is 9.20. The van der Waals surface area contributed by atoms with Crippen LogP contribution in [0, 0.1) is 5.92 Å². The van der Waals surface area contributed by atoms with E-state index >= 15 is 0 Å². The molecule has 0 spiro atoms. The highest BCUT2D eigenvalue weighted by Gasteiger charge is 2.37. The molecule has 2 heterocycles. The predicted octanol–water partition coefficient (Wildman–Crippen LogP) is 3.15. The molecule has 2 atom stereocenters. The van der Waals surface area contributed by atoms with Crippen molar-refractivity contribution in [1.29, 1.82) is 0 Å². The Kier molecular flexibility index (Phi) is 4.09. The molecular formula is C20H27N3O. The molecule has 4 rings (SSSR count). The summed E-state index contributed by atoms with van der Waals surface area (Å²) < 4.78 is 2.11. The minimum atomic E-state index is 0.0810. The first kappa shape index (κ1) is 15.7. The molecule has 4 nitrogen and oxygen atoms in total. The SMILES string of the molecule is CC(C)NC(=O)Cn1cc(CN2C[C@H]3CC[C@H]2C3)c2ccccc21. The highest BCUT2D eigenvalue weighted by atomic mass is 16.2. The van der Waals surface area contributed by atoms with Gasteiger partial charge in [0.15, 0.2) is 0 Å². The van der Waals surface area contributed by atoms with Crippen molar-refractivity contribution in [3.05, 3.63) is 36.0 Å². The molecule has 1 N–H and O–H groups in total. The molecule has 2 fully saturated rings. The Morgan fingerprint density at radius 1 is 1.29 bits per heavy atom. The van der Waals surface area contributed by atoms with Gasteiger partial charge in [-0.05, 0) is 50.7 Å². The summed E-state index contributed by atoms with van der Waals surface area (Å²) in [5.41, 5.74) is 2.52. The molecule has 24 heavy (non-hydrogen) atoms. The zero-order chi connectivity index (χ0) is 16.7. The van der Waals surface area contributed by atoms with Gasteiger partial charge < -0.3 is 9.88 Å². The van der Waals surface area contributed by atoms with Crippen LogP contribution in [-0.4, -0.2) is 34.0 Å². The van der Waals surface area contributed by atoms with E-state index in [1.807, 2.05) is 13.8 Å². The summed E-state index contributed by atoms with van der Waals surface area (Å²) in [4.78, 5) is 14.8. The van der Waals surface area contributed by atoms with Gasteiger partial charge in [-0.3, -0.25) is 9.69 Å². The summed E-state index contributed by atoms with van der Waals surface area (Å²) in [6.07, 6.45) is 6.35. The zero-order valence-electron chi connectivity index (χ0n) is 14.7. The Morgan fingerprint density at radius 2 is 2.12 bits per heavy atom. The van der Waals surface area contributed by atoms with Crippen LogP contribution in [0.25, 0.3) is 10.9 Å². The number of carbonyl (C=O) groups is 1. The second-order valence-electron chi connectivity index (χ2n) is 7.78. The normalized spacial score (nSPS) is 23.5. The fourth-order valence-electron chi connectivity index (χ4n) is 4.54. The van der Waals surface area contributed by atoms with Crippen LogP contribution in [0.3, 0.4) is 0 Å². The first-order valence-electron chi connectivity index (χ1n) is 9.20. The third-order valence-corrected chi connectivity index (χ3v) is 5.53. The van der Waals surface area contributed by atoms with Crippen molar-refractivity contribution in [2.24, 2.45) is 5.92 Å². The number of aromatic nitrogens is 1. The number of benzene rings is 1. The molecular weight excluding hydrogens is 298 g/mol. The largest absolute Gasteiger partial charge is 0.352 e. The van der Waals surface area contributed by atoms with Crippen molar-refractivity contribution in [3.8, 4) is 0 Å². The van der Waals surface area contributed by atoms with Gasteiger partial charge in [0.2, 0.25) is 5.91 Å². The van der Waals surface area contributed by atoms with Crippen LogP contribution < -0.4 is 5.32 Å². The van der Waals surface area contributed by atoms with E-state index in [1.165, 1.54) is 36.8 Å². The van der Waals surface area contributed by atoms with Crippen LogP contribution in [0.5, 0.6) is 0 Å². The van der Waals surface area contributed by atoms with E-state index in [9.17, 15) is 4.79 Å². The van der Waals surface area contributed by atoms with Gasteiger partial charge in [0, 0.05) is 42.3 Å². The van der Waals surface area contributed by atoms with Crippen molar-refractivity contribution in [2.75, 3.05) is 6.54 Å². The number of hydrogen-bond acceptors (Lipinski definition) is 2. The minimum Gasteiger partial charge on any atom is -0.352 e. The second kappa shape index (κ2) is 6.25. The molecule has 2 aliphatic rings. The van der Waals surface area contributed by atoms with Gasteiger partial charge in [-0.1, -0.05) is 18.2 Å². The highest BCUT2D eigenvalue weighted by molar-refractivity contribution is 5.86. The number of nitrogens with one attached hydrogen (secondary N) is 1. The van der Waals surface area contributed by atoms with Crippen molar-refractivity contribution < 1.29 is 4.79 Å². The maximum absolute atomic E-state index is 12.2. The van der Waals surface area contributed by atoms with E-state index < -0.39 is 0 Å². The number of piperidine rings is 1.